The molecule has 8 unspecified atom stereocenters. The van der Waals surface area contributed by atoms with E-state index in [0.29, 0.717) is 24.7 Å². The van der Waals surface area contributed by atoms with Crippen molar-refractivity contribution >= 4 is 18.2 Å². The molecule has 1 fully saturated rings. The lowest BCUT2D eigenvalue weighted by molar-refractivity contribution is -0.339. The van der Waals surface area contributed by atoms with Crippen molar-refractivity contribution in [1.82, 2.24) is 0 Å². The Morgan fingerprint density at radius 2 is 1.79 bits per heavy atom. The van der Waals surface area contributed by atoms with Crippen molar-refractivity contribution in [1.29, 1.82) is 0 Å². The summed E-state index contributed by atoms with van der Waals surface area (Å²) in [6, 6.07) is 4.30. The SMILES string of the molecule is COC(=O)C1=COC(OC2OC(CO)C(O)C(O)C2O)C(C=O)C1COC(=O)CCCc1ccc(O)c(O)c1. The van der Waals surface area contributed by atoms with E-state index in [2.05, 4.69) is 0 Å². The van der Waals surface area contributed by atoms with Crippen LogP contribution in [0.4, 0.5) is 0 Å². The minimum Gasteiger partial charge on any atom is -0.504 e. The fraction of sp³-hybridized carbons (Fsp3) is 0.560. The zero-order valence-electron chi connectivity index (χ0n) is 21.0. The second kappa shape index (κ2) is 13.7. The summed E-state index contributed by atoms with van der Waals surface area (Å²) >= 11 is 0. The second-order valence-electron chi connectivity index (χ2n) is 9.08. The normalized spacial score (nSPS) is 30.5. The third-order valence-corrected chi connectivity index (χ3v) is 6.51. The molecule has 14 heteroatoms. The number of ether oxygens (including phenoxy) is 5. The number of phenols is 2. The van der Waals surface area contributed by atoms with Crippen LogP contribution < -0.4 is 0 Å². The summed E-state index contributed by atoms with van der Waals surface area (Å²) in [5.41, 5.74) is 0.572. The van der Waals surface area contributed by atoms with Crippen molar-refractivity contribution in [2.75, 3.05) is 20.3 Å². The van der Waals surface area contributed by atoms with Gasteiger partial charge in [0.25, 0.3) is 0 Å². The lowest BCUT2D eigenvalue weighted by Crippen LogP contribution is -2.60. The molecule has 0 spiro atoms. The molecule has 0 amide bonds. The van der Waals surface area contributed by atoms with Crippen molar-refractivity contribution in [2.24, 2.45) is 11.8 Å². The number of rotatable bonds is 11. The topological polar surface area (TPSA) is 219 Å². The van der Waals surface area contributed by atoms with Crippen molar-refractivity contribution in [3.63, 3.8) is 0 Å². The average Bonchev–Trinajstić information content (AvgIpc) is 2.93. The molecule has 39 heavy (non-hydrogen) atoms. The van der Waals surface area contributed by atoms with Gasteiger partial charge >= 0.3 is 11.9 Å². The van der Waals surface area contributed by atoms with E-state index < -0.39 is 74.0 Å². The summed E-state index contributed by atoms with van der Waals surface area (Å²) in [7, 11) is 1.11. The first-order valence-corrected chi connectivity index (χ1v) is 12.1. The maximum Gasteiger partial charge on any atom is 0.337 e. The molecule has 0 aliphatic carbocycles. The standard InChI is InChI=1S/C25H32O14/c1-35-23(34)15-11-37-24(39-25-22(33)21(32)20(31)18(9-27)38-25)13(8-26)14(15)10-36-19(30)4-2-3-12-5-6-16(28)17(29)7-12/h5-8,11,13-14,18,20-22,24-25,27-29,31-33H,2-4,9-10H2,1H3. The number of phenolic OH excluding ortho intramolecular Hbond substituents is 2. The van der Waals surface area contributed by atoms with Crippen molar-refractivity contribution in [3.8, 4) is 11.5 Å². The molecule has 1 saturated heterocycles. The van der Waals surface area contributed by atoms with Crippen LogP contribution in [0.2, 0.25) is 0 Å². The zero-order valence-corrected chi connectivity index (χ0v) is 21.0. The molecule has 2 aliphatic rings. The van der Waals surface area contributed by atoms with Crippen LogP contribution in [0.1, 0.15) is 18.4 Å². The third-order valence-electron chi connectivity index (χ3n) is 6.51. The van der Waals surface area contributed by atoms with E-state index >= 15 is 0 Å². The molecule has 2 aliphatic heterocycles. The highest BCUT2D eigenvalue weighted by molar-refractivity contribution is 5.89. The molecule has 1 aromatic carbocycles. The van der Waals surface area contributed by atoms with E-state index in [9.17, 15) is 45.0 Å². The Morgan fingerprint density at radius 1 is 1.05 bits per heavy atom. The van der Waals surface area contributed by atoms with Crippen LogP contribution in [0.3, 0.4) is 0 Å². The number of aldehydes is 1. The monoisotopic (exact) mass is 556 g/mol. The number of aromatic hydroxyl groups is 2. The molecule has 14 nitrogen and oxygen atoms in total. The number of benzene rings is 1. The second-order valence-corrected chi connectivity index (χ2v) is 9.08. The minimum absolute atomic E-state index is 0.0291. The van der Waals surface area contributed by atoms with Gasteiger partial charge in [0, 0.05) is 12.3 Å². The summed E-state index contributed by atoms with van der Waals surface area (Å²) < 4.78 is 26.3. The molecular weight excluding hydrogens is 524 g/mol. The highest BCUT2D eigenvalue weighted by atomic mass is 16.8. The number of aliphatic hydroxyl groups is 4. The number of esters is 2. The molecule has 2 heterocycles. The maximum absolute atomic E-state index is 12.4. The molecule has 3 rings (SSSR count). The smallest absolute Gasteiger partial charge is 0.337 e. The fourth-order valence-corrected chi connectivity index (χ4v) is 4.24. The van der Waals surface area contributed by atoms with Gasteiger partial charge in [-0.15, -0.1) is 0 Å². The van der Waals surface area contributed by atoms with E-state index in [1.807, 2.05) is 0 Å². The molecule has 0 saturated carbocycles. The van der Waals surface area contributed by atoms with E-state index in [1.54, 1.807) is 6.07 Å². The van der Waals surface area contributed by atoms with Gasteiger partial charge in [-0.1, -0.05) is 6.07 Å². The van der Waals surface area contributed by atoms with Crippen LogP contribution in [0.25, 0.3) is 0 Å². The van der Waals surface area contributed by atoms with E-state index in [4.69, 9.17) is 23.7 Å². The zero-order chi connectivity index (χ0) is 28.7. The van der Waals surface area contributed by atoms with Gasteiger partial charge in [0.15, 0.2) is 17.8 Å². The van der Waals surface area contributed by atoms with Gasteiger partial charge in [0.1, 0.15) is 30.7 Å². The number of carbonyl (C=O) groups is 3. The number of aryl methyl sites for hydroxylation is 1. The first kappa shape index (κ1) is 30.3. The van der Waals surface area contributed by atoms with E-state index in [-0.39, 0.29) is 23.5 Å². The number of aliphatic hydroxyl groups excluding tert-OH is 4. The number of carbonyl (C=O) groups excluding carboxylic acids is 3. The number of hydrogen-bond donors (Lipinski definition) is 6. The Bertz CT molecular complexity index is 1040. The van der Waals surface area contributed by atoms with E-state index in [1.165, 1.54) is 12.1 Å². The Balaban J connectivity index is 1.65. The highest BCUT2D eigenvalue weighted by Gasteiger charge is 2.48. The van der Waals surface area contributed by atoms with Gasteiger partial charge < -0.3 is 59.1 Å². The molecule has 0 radical (unpaired) electrons. The molecule has 6 N–H and O–H groups in total. The lowest BCUT2D eigenvalue weighted by atomic mass is 9.85. The largest absolute Gasteiger partial charge is 0.504 e. The van der Waals surface area contributed by atoms with Crippen LogP contribution in [-0.2, 0) is 44.5 Å². The maximum atomic E-state index is 12.4. The minimum atomic E-state index is -1.77. The van der Waals surface area contributed by atoms with Gasteiger partial charge in [0.2, 0.25) is 6.29 Å². The van der Waals surface area contributed by atoms with Crippen molar-refractivity contribution < 1.29 is 68.7 Å². The average molecular weight is 557 g/mol. The van der Waals surface area contributed by atoms with Crippen LogP contribution in [0, 0.1) is 11.8 Å². The van der Waals surface area contributed by atoms with Crippen LogP contribution in [0.5, 0.6) is 11.5 Å². The third kappa shape index (κ3) is 7.23. The molecular formula is C25H32O14. The van der Waals surface area contributed by atoms with Gasteiger partial charge in [-0.2, -0.15) is 0 Å². The highest BCUT2D eigenvalue weighted by Crippen LogP contribution is 2.34. The summed E-state index contributed by atoms with van der Waals surface area (Å²) in [4.78, 5) is 36.8. The lowest BCUT2D eigenvalue weighted by Gasteiger charge is -2.42. The summed E-state index contributed by atoms with van der Waals surface area (Å²) in [5, 5.41) is 58.5. The fourth-order valence-electron chi connectivity index (χ4n) is 4.24. The first-order valence-electron chi connectivity index (χ1n) is 12.1. The van der Waals surface area contributed by atoms with Gasteiger partial charge in [-0.25, -0.2) is 4.79 Å². The Labute approximate surface area is 222 Å². The first-order chi connectivity index (χ1) is 18.6. The predicted molar refractivity (Wildman–Crippen MR) is 127 cm³/mol. The quantitative estimate of drug-likeness (QED) is 0.105. The molecule has 0 aromatic heterocycles. The number of methoxy groups -OCH3 is 1. The van der Waals surface area contributed by atoms with Crippen LogP contribution in [-0.4, -0.2) is 106 Å². The number of hydrogen-bond acceptors (Lipinski definition) is 14. The predicted octanol–water partition coefficient (Wildman–Crippen LogP) is -1.38. The van der Waals surface area contributed by atoms with Crippen LogP contribution >= 0.6 is 0 Å². The Morgan fingerprint density at radius 3 is 2.44 bits per heavy atom. The van der Waals surface area contributed by atoms with E-state index in [0.717, 1.165) is 13.4 Å². The Kier molecular flexibility index (Phi) is 10.6. The molecule has 8 atom stereocenters. The Hall–Kier alpha value is -3.27. The van der Waals surface area contributed by atoms with Gasteiger partial charge in [-0.3, -0.25) is 4.79 Å². The summed E-state index contributed by atoms with van der Waals surface area (Å²) in [6.07, 6.45) is -7.40. The summed E-state index contributed by atoms with van der Waals surface area (Å²) in [5.74, 6) is -4.35. The van der Waals surface area contributed by atoms with Crippen LogP contribution in [0.15, 0.2) is 30.0 Å². The molecule has 0 bridgehead atoms. The molecule has 1 aromatic rings. The molecule has 216 valence electrons. The van der Waals surface area contributed by atoms with Crippen molar-refractivity contribution in [3.05, 3.63) is 35.6 Å². The van der Waals surface area contributed by atoms with Gasteiger partial charge in [-0.05, 0) is 30.5 Å². The van der Waals surface area contributed by atoms with Crippen molar-refractivity contribution in [2.45, 2.75) is 56.3 Å². The summed E-state index contributed by atoms with van der Waals surface area (Å²) in [6.45, 7) is -1.13. The van der Waals surface area contributed by atoms with Gasteiger partial charge in [0.05, 0.1) is 38.1 Å².